The Labute approximate surface area is 124 Å². The molecule has 0 bridgehead atoms. The number of amides is 1. The molecule has 0 aliphatic heterocycles. The first-order valence-corrected chi connectivity index (χ1v) is 6.77. The molecule has 2 aromatic rings. The van der Waals surface area contributed by atoms with Gasteiger partial charge in [-0.3, -0.25) is 10.1 Å². The molecular formula is C13H13BrN4O2. The number of anilines is 1. The van der Waals surface area contributed by atoms with Crippen molar-refractivity contribution in [2.75, 3.05) is 11.9 Å². The highest BCUT2D eigenvalue weighted by Gasteiger charge is 2.05. The first kappa shape index (κ1) is 14.3. The summed E-state index contributed by atoms with van der Waals surface area (Å²) in [5, 5.41) is 8.92. The van der Waals surface area contributed by atoms with Crippen molar-refractivity contribution in [2.24, 2.45) is 0 Å². The molecule has 0 aliphatic carbocycles. The van der Waals surface area contributed by atoms with Crippen LogP contribution in [0.2, 0.25) is 0 Å². The van der Waals surface area contributed by atoms with E-state index in [0.29, 0.717) is 6.61 Å². The first-order chi connectivity index (χ1) is 9.69. The summed E-state index contributed by atoms with van der Waals surface area (Å²) in [5.41, 5.74) is 0.912. The van der Waals surface area contributed by atoms with Crippen molar-refractivity contribution in [1.82, 2.24) is 15.2 Å². The van der Waals surface area contributed by atoms with E-state index in [1.54, 1.807) is 6.08 Å². The molecule has 0 atom stereocenters. The second-order valence-electron chi connectivity index (χ2n) is 3.74. The van der Waals surface area contributed by atoms with Crippen LogP contribution in [0.3, 0.4) is 0 Å². The van der Waals surface area contributed by atoms with Gasteiger partial charge in [0, 0.05) is 10.5 Å². The fraction of sp³-hybridized carbons (Fsp3) is 0.154. The second-order valence-corrected chi connectivity index (χ2v) is 4.60. The lowest BCUT2D eigenvalue weighted by Crippen LogP contribution is -2.09. The first-order valence-electron chi connectivity index (χ1n) is 5.98. The van der Waals surface area contributed by atoms with Crippen molar-refractivity contribution in [3.8, 4) is 6.01 Å². The number of rotatable bonds is 5. The Morgan fingerprint density at radius 3 is 3.05 bits per heavy atom. The number of hydrogen-bond acceptors (Lipinski definition) is 4. The highest BCUT2D eigenvalue weighted by Crippen LogP contribution is 2.17. The monoisotopic (exact) mass is 336 g/mol. The van der Waals surface area contributed by atoms with Crippen molar-refractivity contribution in [1.29, 1.82) is 0 Å². The molecule has 7 heteroatoms. The van der Waals surface area contributed by atoms with E-state index in [9.17, 15) is 4.79 Å². The van der Waals surface area contributed by atoms with Crippen LogP contribution in [0.5, 0.6) is 6.01 Å². The number of aromatic nitrogens is 3. The average molecular weight is 337 g/mol. The zero-order chi connectivity index (χ0) is 14.4. The number of nitrogens with one attached hydrogen (secondary N) is 2. The van der Waals surface area contributed by atoms with E-state index in [-0.39, 0.29) is 17.9 Å². The van der Waals surface area contributed by atoms with Gasteiger partial charge in [-0.2, -0.15) is 4.98 Å². The SMILES string of the molecule is CCOc1n[nH]c(NC(=O)/C=C/c2ccccc2Br)n1. The number of ether oxygens (including phenoxy) is 1. The lowest BCUT2D eigenvalue weighted by molar-refractivity contribution is -0.111. The van der Waals surface area contributed by atoms with Crippen LogP contribution >= 0.6 is 15.9 Å². The van der Waals surface area contributed by atoms with Crippen molar-refractivity contribution in [3.63, 3.8) is 0 Å². The fourth-order valence-electron chi connectivity index (χ4n) is 1.43. The number of carbonyl (C=O) groups excluding carboxylic acids is 1. The van der Waals surface area contributed by atoms with Gasteiger partial charge in [-0.15, -0.1) is 5.10 Å². The summed E-state index contributed by atoms with van der Waals surface area (Å²) in [6.07, 6.45) is 3.13. The normalized spacial score (nSPS) is 10.7. The average Bonchev–Trinajstić information content (AvgIpc) is 2.85. The van der Waals surface area contributed by atoms with Crippen LogP contribution in [0, 0.1) is 0 Å². The predicted octanol–water partition coefficient (Wildman–Crippen LogP) is 2.62. The third-order valence-electron chi connectivity index (χ3n) is 2.30. The zero-order valence-corrected chi connectivity index (χ0v) is 12.3. The molecule has 6 nitrogen and oxygen atoms in total. The molecule has 0 aliphatic rings. The third-order valence-corrected chi connectivity index (χ3v) is 3.02. The Morgan fingerprint density at radius 1 is 1.50 bits per heavy atom. The lowest BCUT2D eigenvalue weighted by atomic mass is 10.2. The van der Waals surface area contributed by atoms with Crippen molar-refractivity contribution < 1.29 is 9.53 Å². The van der Waals surface area contributed by atoms with Gasteiger partial charge < -0.3 is 4.74 Å². The molecule has 0 unspecified atom stereocenters. The molecule has 0 radical (unpaired) electrons. The molecule has 104 valence electrons. The van der Waals surface area contributed by atoms with Gasteiger partial charge in [0.15, 0.2) is 0 Å². The summed E-state index contributed by atoms with van der Waals surface area (Å²) in [4.78, 5) is 15.7. The number of halogens is 1. The highest BCUT2D eigenvalue weighted by atomic mass is 79.9. The maximum Gasteiger partial charge on any atom is 0.337 e. The number of nitrogens with zero attached hydrogens (tertiary/aromatic N) is 2. The van der Waals surface area contributed by atoms with Gasteiger partial charge in [-0.25, -0.2) is 5.10 Å². The summed E-state index contributed by atoms with van der Waals surface area (Å²) in [6.45, 7) is 2.29. The van der Waals surface area contributed by atoms with Crippen LogP contribution in [0.1, 0.15) is 12.5 Å². The molecule has 2 rings (SSSR count). The minimum absolute atomic E-state index is 0.206. The van der Waals surface area contributed by atoms with E-state index in [2.05, 4.69) is 36.4 Å². The van der Waals surface area contributed by atoms with Crippen LogP contribution in [0.15, 0.2) is 34.8 Å². The maximum atomic E-state index is 11.7. The highest BCUT2D eigenvalue weighted by molar-refractivity contribution is 9.10. The van der Waals surface area contributed by atoms with Gasteiger partial charge in [-0.1, -0.05) is 34.1 Å². The second kappa shape index (κ2) is 6.85. The molecule has 0 fully saturated rings. The van der Waals surface area contributed by atoms with Crippen LogP contribution in [-0.2, 0) is 4.79 Å². The standard InChI is InChI=1S/C13H13BrN4O2/c1-2-20-13-16-12(17-18-13)15-11(19)8-7-9-5-3-4-6-10(9)14/h3-8H,2H2,1H3,(H2,15,16,17,18,19)/b8-7+. The Balaban J connectivity index is 1.96. The molecule has 0 saturated carbocycles. The number of benzene rings is 1. The largest absolute Gasteiger partial charge is 0.463 e. The molecule has 20 heavy (non-hydrogen) atoms. The van der Waals surface area contributed by atoms with Crippen molar-refractivity contribution >= 4 is 33.9 Å². The van der Waals surface area contributed by atoms with Crippen molar-refractivity contribution in [2.45, 2.75) is 6.92 Å². The number of H-pyrrole nitrogens is 1. The molecule has 0 spiro atoms. The minimum atomic E-state index is -0.306. The van der Waals surface area contributed by atoms with Gasteiger partial charge in [0.25, 0.3) is 5.91 Å². The van der Waals surface area contributed by atoms with Gasteiger partial charge >= 0.3 is 6.01 Å². The quantitative estimate of drug-likeness (QED) is 0.822. The lowest BCUT2D eigenvalue weighted by Gasteiger charge is -1.98. The van der Waals surface area contributed by atoms with E-state index >= 15 is 0 Å². The number of aromatic amines is 1. The number of carbonyl (C=O) groups is 1. The van der Waals surface area contributed by atoms with E-state index in [1.807, 2.05) is 31.2 Å². The van der Waals surface area contributed by atoms with E-state index in [0.717, 1.165) is 10.0 Å². The van der Waals surface area contributed by atoms with Gasteiger partial charge in [-0.05, 0) is 24.6 Å². The molecule has 2 N–H and O–H groups in total. The van der Waals surface area contributed by atoms with Gasteiger partial charge in [0.2, 0.25) is 5.95 Å². The minimum Gasteiger partial charge on any atom is -0.463 e. The number of hydrogen-bond donors (Lipinski definition) is 2. The maximum absolute atomic E-state index is 11.7. The van der Waals surface area contributed by atoms with Crippen LogP contribution in [0.25, 0.3) is 6.08 Å². The summed E-state index contributed by atoms with van der Waals surface area (Å²) in [5.74, 6) is -0.0600. The summed E-state index contributed by atoms with van der Waals surface area (Å²) >= 11 is 3.41. The van der Waals surface area contributed by atoms with Crippen LogP contribution in [0.4, 0.5) is 5.95 Å². The van der Waals surface area contributed by atoms with E-state index in [4.69, 9.17) is 4.74 Å². The molecular weight excluding hydrogens is 324 g/mol. The zero-order valence-electron chi connectivity index (χ0n) is 10.8. The summed E-state index contributed by atoms with van der Waals surface area (Å²) in [6, 6.07) is 7.81. The van der Waals surface area contributed by atoms with Gasteiger partial charge in [0.1, 0.15) is 0 Å². The molecule has 0 saturated heterocycles. The fourth-order valence-corrected chi connectivity index (χ4v) is 1.85. The topological polar surface area (TPSA) is 79.9 Å². The summed E-state index contributed by atoms with van der Waals surface area (Å²) in [7, 11) is 0. The molecule has 1 amide bonds. The Bertz CT molecular complexity index is 624. The molecule has 1 aromatic carbocycles. The third kappa shape index (κ3) is 3.92. The smallest absolute Gasteiger partial charge is 0.337 e. The molecule has 1 heterocycles. The van der Waals surface area contributed by atoms with E-state index in [1.165, 1.54) is 6.08 Å². The Hall–Kier alpha value is -2.15. The Morgan fingerprint density at radius 2 is 2.30 bits per heavy atom. The van der Waals surface area contributed by atoms with Crippen molar-refractivity contribution in [3.05, 3.63) is 40.4 Å². The van der Waals surface area contributed by atoms with Crippen LogP contribution < -0.4 is 10.1 Å². The van der Waals surface area contributed by atoms with E-state index < -0.39 is 0 Å². The van der Waals surface area contributed by atoms with Crippen LogP contribution in [-0.4, -0.2) is 27.7 Å². The predicted molar refractivity (Wildman–Crippen MR) is 79.4 cm³/mol. The molecule has 1 aromatic heterocycles. The summed E-state index contributed by atoms with van der Waals surface area (Å²) < 4.78 is 6.00. The Kier molecular flexibility index (Phi) is 4.89. The van der Waals surface area contributed by atoms with Gasteiger partial charge in [0.05, 0.1) is 6.61 Å².